The molecule has 0 aliphatic carbocycles. The number of aromatic nitrogens is 5. The number of unbranched alkanes of at least 4 members (excludes halogenated alkanes) is 1. The van der Waals surface area contributed by atoms with Crippen LogP contribution >= 0.6 is 0 Å². The van der Waals surface area contributed by atoms with Gasteiger partial charge in [0.2, 0.25) is 0 Å². The van der Waals surface area contributed by atoms with E-state index in [-0.39, 0.29) is 5.56 Å². The molecule has 0 spiro atoms. The van der Waals surface area contributed by atoms with Gasteiger partial charge in [-0.05, 0) is 43.9 Å². The smallest absolute Gasteiger partial charge is 0.361 e. The van der Waals surface area contributed by atoms with E-state index in [1.807, 2.05) is 69.3 Å². The molecule has 0 aliphatic rings. The molecule has 9 nitrogen and oxygen atoms in total. The summed E-state index contributed by atoms with van der Waals surface area (Å²) in [4.78, 5) is 32.8. The van der Waals surface area contributed by atoms with Crippen LogP contribution in [0.3, 0.4) is 0 Å². The van der Waals surface area contributed by atoms with E-state index >= 15 is 0 Å². The van der Waals surface area contributed by atoms with Crippen LogP contribution in [0.25, 0.3) is 33.6 Å². The Morgan fingerprint density at radius 2 is 1.61 bits per heavy atom. The molecule has 0 aliphatic heterocycles. The summed E-state index contributed by atoms with van der Waals surface area (Å²) in [5.74, 6) is 1.15. The van der Waals surface area contributed by atoms with Crippen molar-refractivity contribution in [2.75, 3.05) is 0 Å². The minimum absolute atomic E-state index is 0.0950. The average Bonchev–Trinajstić information content (AvgIpc) is 3.50. The molecule has 0 amide bonds. The van der Waals surface area contributed by atoms with Crippen molar-refractivity contribution in [2.45, 2.75) is 53.5 Å². The van der Waals surface area contributed by atoms with E-state index in [9.17, 15) is 9.59 Å². The number of nitrogens with zero attached hydrogens (tertiary/aromatic N) is 4. The van der Waals surface area contributed by atoms with E-state index in [1.54, 1.807) is 4.57 Å². The number of hydrogen-bond acceptors (Lipinski definition) is 7. The van der Waals surface area contributed by atoms with Crippen molar-refractivity contribution in [1.82, 2.24) is 24.8 Å². The van der Waals surface area contributed by atoms with Crippen molar-refractivity contribution >= 4 is 0 Å². The lowest BCUT2D eigenvalue weighted by Crippen LogP contribution is -2.28. The molecule has 0 unspecified atom stereocenters. The number of benzene rings is 2. The summed E-state index contributed by atoms with van der Waals surface area (Å²) in [7, 11) is 0. The molecular formula is C29H29N5O4. The molecule has 5 aromatic rings. The summed E-state index contributed by atoms with van der Waals surface area (Å²) in [6, 6.07) is 15.7. The average molecular weight is 512 g/mol. The molecule has 3 heterocycles. The fourth-order valence-corrected chi connectivity index (χ4v) is 4.79. The maximum absolute atomic E-state index is 13.9. The Hall–Kier alpha value is -4.53. The lowest BCUT2D eigenvalue weighted by molar-refractivity contribution is 0.388. The Balaban J connectivity index is 1.53. The Morgan fingerprint density at radius 3 is 2.24 bits per heavy atom. The fraction of sp³-hybridized carbons (Fsp3) is 0.276. The third kappa shape index (κ3) is 4.74. The molecule has 0 atom stereocenters. The highest BCUT2D eigenvalue weighted by atomic mass is 16.5. The van der Waals surface area contributed by atoms with Gasteiger partial charge in [-0.25, -0.2) is 9.78 Å². The predicted octanol–water partition coefficient (Wildman–Crippen LogP) is 5.22. The molecule has 3 aromatic heterocycles. The third-order valence-corrected chi connectivity index (χ3v) is 6.69. The molecule has 1 N–H and O–H groups in total. The summed E-state index contributed by atoms with van der Waals surface area (Å²) in [5, 5.41) is 7.89. The van der Waals surface area contributed by atoms with Crippen LogP contribution in [-0.2, 0) is 13.0 Å². The van der Waals surface area contributed by atoms with E-state index in [0.29, 0.717) is 40.6 Å². The van der Waals surface area contributed by atoms with Gasteiger partial charge in [0.25, 0.3) is 5.56 Å². The SMILES string of the molecule is CCCCc1nc(C)c(-c2c(C)noc2C)c(=O)n1Cc1ccc(-c2ccccc2-c2noc(=O)[nH]2)cc1. The van der Waals surface area contributed by atoms with E-state index < -0.39 is 5.76 Å². The number of H-pyrrole nitrogens is 1. The predicted molar refractivity (Wildman–Crippen MR) is 144 cm³/mol. The Kier molecular flexibility index (Phi) is 6.91. The van der Waals surface area contributed by atoms with Crippen LogP contribution in [0.15, 0.2) is 67.2 Å². The molecule has 0 saturated heterocycles. The van der Waals surface area contributed by atoms with Gasteiger partial charge in [0.05, 0.1) is 29.1 Å². The van der Waals surface area contributed by atoms with Crippen molar-refractivity contribution in [3.8, 4) is 33.6 Å². The van der Waals surface area contributed by atoms with Gasteiger partial charge in [0.15, 0.2) is 5.82 Å². The van der Waals surface area contributed by atoms with Crippen molar-refractivity contribution < 1.29 is 9.05 Å². The van der Waals surface area contributed by atoms with Crippen LogP contribution < -0.4 is 11.3 Å². The minimum atomic E-state index is -0.600. The summed E-state index contributed by atoms with van der Waals surface area (Å²) in [5.41, 5.74) is 6.10. The van der Waals surface area contributed by atoms with Crippen molar-refractivity contribution in [1.29, 1.82) is 0 Å². The van der Waals surface area contributed by atoms with Crippen LogP contribution in [-0.4, -0.2) is 24.8 Å². The van der Waals surface area contributed by atoms with E-state index in [4.69, 9.17) is 14.0 Å². The van der Waals surface area contributed by atoms with Crippen molar-refractivity contribution in [2.24, 2.45) is 0 Å². The van der Waals surface area contributed by atoms with Crippen LogP contribution in [0.5, 0.6) is 0 Å². The monoisotopic (exact) mass is 511 g/mol. The van der Waals surface area contributed by atoms with Gasteiger partial charge < -0.3 is 4.52 Å². The third-order valence-electron chi connectivity index (χ3n) is 6.69. The van der Waals surface area contributed by atoms with Crippen LogP contribution in [0.1, 0.15) is 48.3 Å². The van der Waals surface area contributed by atoms with Crippen LogP contribution in [0.4, 0.5) is 0 Å². The number of rotatable bonds is 8. The number of aryl methyl sites for hydroxylation is 4. The Labute approximate surface area is 219 Å². The fourth-order valence-electron chi connectivity index (χ4n) is 4.79. The van der Waals surface area contributed by atoms with Gasteiger partial charge in [-0.15, -0.1) is 0 Å². The molecule has 2 aromatic carbocycles. The maximum atomic E-state index is 13.9. The van der Waals surface area contributed by atoms with Crippen molar-refractivity contribution in [3.05, 3.63) is 98.0 Å². The highest BCUT2D eigenvalue weighted by Gasteiger charge is 2.22. The van der Waals surface area contributed by atoms with Crippen molar-refractivity contribution in [3.63, 3.8) is 0 Å². The number of aromatic amines is 1. The summed E-state index contributed by atoms with van der Waals surface area (Å²) >= 11 is 0. The molecule has 38 heavy (non-hydrogen) atoms. The highest BCUT2D eigenvalue weighted by Crippen LogP contribution is 2.30. The van der Waals surface area contributed by atoms with Gasteiger partial charge >= 0.3 is 5.76 Å². The Bertz CT molecular complexity index is 1690. The van der Waals surface area contributed by atoms with Gasteiger partial charge in [-0.2, -0.15) is 0 Å². The van der Waals surface area contributed by atoms with Gasteiger partial charge in [0, 0.05) is 12.0 Å². The minimum Gasteiger partial charge on any atom is -0.361 e. The first-order valence-corrected chi connectivity index (χ1v) is 12.7. The molecule has 194 valence electrons. The zero-order valence-corrected chi connectivity index (χ0v) is 21.9. The van der Waals surface area contributed by atoms with Gasteiger partial charge in [-0.1, -0.05) is 72.2 Å². The second kappa shape index (κ2) is 10.5. The second-order valence-corrected chi connectivity index (χ2v) is 9.37. The number of hydrogen-bond donors (Lipinski definition) is 1. The topological polar surface area (TPSA) is 120 Å². The summed E-state index contributed by atoms with van der Waals surface area (Å²) in [6.45, 7) is 8.04. The molecule has 0 fully saturated rings. The van der Waals surface area contributed by atoms with E-state index in [1.165, 1.54) is 0 Å². The first kappa shape index (κ1) is 25.1. The lowest BCUT2D eigenvalue weighted by atomic mass is 9.98. The lowest BCUT2D eigenvalue weighted by Gasteiger charge is -2.16. The molecule has 0 saturated carbocycles. The van der Waals surface area contributed by atoms with E-state index in [0.717, 1.165) is 47.3 Å². The maximum Gasteiger partial charge on any atom is 0.439 e. The molecular weight excluding hydrogens is 482 g/mol. The molecule has 9 heteroatoms. The standard InChI is InChI=1S/C29H29N5O4/c1-5-6-11-24-30-17(2)26(25-18(3)32-37-19(25)4)28(35)34(24)16-20-12-14-21(15-13-20)22-9-7-8-10-23(22)27-31-29(36)38-33-27/h7-10,12-15H,5-6,11,16H2,1-4H3,(H,31,33,36). The first-order valence-electron chi connectivity index (χ1n) is 12.7. The molecule has 0 bridgehead atoms. The zero-order valence-electron chi connectivity index (χ0n) is 21.9. The van der Waals surface area contributed by atoms with Crippen LogP contribution in [0, 0.1) is 20.8 Å². The Morgan fingerprint density at radius 1 is 0.868 bits per heavy atom. The molecule has 5 rings (SSSR count). The zero-order chi connectivity index (χ0) is 26.8. The van der Waals surface area contributed by atoms with Crippen LogP contribution in [0.2, 0.25) is 0 Å². The largest absolute Gasteiger partial charge is 0.439 e. The molecule has 0 radical (unpaired) electrons. The number of nitrogens with one attached hydrogen (secondary N) is 1. The van der Waals surface area contributed by atoms with Gasteiger partial charge in [-0.3, -0.25) is 18.9 Å². The second-order valence-electron chi connectivity index (χ2n) is 9.37. The first-order chi connectivity index (χ1) is 18.4. The highest BCUT2D eigenvalue weighted by molar-refractivity contribution is 5.80. The van der Waals surface area contributed by atoms with E-state index in [2.05, 4.69) is 22.2 Å². The summed E-state index contributed by atoms with van der Waals surface area (Å²) < 4.78 is 11.8. The van der Waals surface area contributed by atoms with Gasteiger partial charge in [0.1, 0.15) is 11.6 Å². The quantitative estimate of drug-likeness (QED) is 0.303. The summed E-state index contributed by atoms with van der Waals surface area (Å²) in [6.07, 6.45) is 2.66. The normalized spacial score (nSPS) is 11.3.